The molecule has 288 valence electrons. The number of hydrogen-bond donors (Lipinski definition) is 0. The topological polar surface area (TPSA) is 111 Å². The van der Waals surface area contributed by atoms with Gasteiger partial charge in [0.1, 0.15) is 13.2 Å². The van der Waals surface area contributed by atoms with Crippen molar-refractivity contribution in [2.24, 2.45) is 0 Å². The maximum absolute atomic E-state index is 12.7. The lowest BCUT2D eigenvalue weighted by molar-refractivity contribution is -0.870. The third kappa shape index (κ3) is 34.3. The number of carbonyl (C=O) groups excluding carboxylic acids is 3. The fraction of sp³-hybridized carbons (Fsp3) is 0.875. The van der Waals surface area contributed by atoms with Crippen molar-refractivity contribution >= 4 is 17.9 Å². The number of carboxylic acid groups (broad SMARTS) is 1. The first-order chi connectivity index (χ1) is 23.6. The van der Waals surface area contributed by atoms with Gasteiger partial charge in [0.2, 0.25) is 0 Å². The molecule has 0 aliphatic carbocycles. The van der Waals surface area contributed by atoms with E-state index in [1.54, 1.807) is 0 Å². The Morgan fingerprint density at radius 3 is 1.51 bits per heavy atom. The smallest absolute Gasteiger partial charge is 0.306 e. The van der Waals surface area contributed by atoms with Crippen molar-refractivity contribution in [1.82, 2.24) is 0 Å². The van der Waals surface area contributed by atoms with Gasteiger partial charge in [-0.15, -0.1) is 0 Å². The van der Waals surface area contributed by atoms with Crippen LogP contribution in [-0.4, -0.2) is 82.3 Å². The Morgan fingerprint density at radius 1 is 0.592 bits per heavy atom. The molecular formula is C40H75NO8. The van der Waals surface area contributed by atoms with E-state index in [1.165, 1.54) is 83.5 Å². The van der Waals surface area contributed by atoms with Crippen LogP contribution in [0.2, 0.25) is 0 Å². The van der Waals surface area contributed by atoms with Crippen LogP contribution < -0.4 is 5.11 Å². The monoisotopic (exact) mass is 698 g/mol. The van der Waals surface area contributed by atoms with E-state index < -0.39 is 24.3 Å². The highest BCUT2D eigenvalue weighted by molar-refractivity contribution is 5.70. The lowest BCUT2D eigenvalue weighted by Crippen LogP contribution is -2.44. The number of quaternary nitrogens is 1. The van der Waals surface area contributed by atoms with Gasteiger partial charge in [0.05, 0.1) is 40.3 Å². The number of hydrogen-bond acceptors (Lipinski definition) is 8. The van der Waals surface area contributed by atoms with Crippen LogP contribution in [0.4, 0.5) is 0 Å². The molecule has 0 rings (SSSR count). The van der Waals surface area contributed by atoms with E-state index >= 15 is 0 Å². The summed E-state index contributed by atoms with van der Waals surface area (Å²) >= 11 is 0. The average Bonchev–Trinajstić information content (AvgIpc) is 3.05. The minimum atomic E-state index is -1.61. The molecule has 2 atom stereocenters. The van der Waals surface area contributed by atoms with Crippen LogP contribution in [0.3, 0.4) is 0 Å². The molecule has 0 aliphatic rings. The molecule has 0 aromatic heterocycles. The number of rotatable bonds is 36. The minimum absolute atomic E-state index is 0.149. The van der Waals surface area contributed by atoms with E-state index in [2.05, 4.69) is 26.0 Å². The van der Waals surface area contributed by atoms with Crippen molar-refractivity contribution in [2.45, 2.75) is 180 Å². The molecule has 0 saturated carbocycles. The molecule has 0 fully saturated rings. The molecule has 49 heavy (non-hydrogen) atoms. The van der Waals surface area contributed by atoms with E-state index in [0.717, 1.165) is 51.4 Å². The second-order valence-electron chi connectivity index (χ2n) is 14.6. The molecule has 0 N–H and O–H groups in total. The highest BCUT2D eigenvalue weighted by atomic mass is 16.7. The van der Waals surface area contributed by atoms with Gasteiger partial charge >= 0.3 is 11.9 Å². The Kier molecular flexibility index (Phi) is 31.9. The first kappa shape index (κ1) is 47.0. The normalized spacial score (nSPS) is 13.1. The minimum Gasteiger partial charge on any atom is -0.545 e. The van der Waals surface area contributed by atoms with Gasteiger partial charge in [0.15, 0.2) is 12.4 Å². The number of likely N-dealkylation sites (N-methyl/N-ethyl adjacent to an activating group) is 1. The Bertz CT molecular complexity index is 826. The van der Waals surface area contributed by atoms with E-state index in [4.69, 9.17) is 18.9 Å². The largest absolute Gasteiger partial charge is 0.545 e. The predicted octanol–water partition coefficient (Wildman–Crippen LogP) is 8.22. The lowest BCUT2D eigenvalue weighted by atomic mass is 10.1. The summed E-state index contributed by atoms with van der Waals surface area (Å²) in [5.41, 5.74) is 0. The van der Waals surface area contributed by atoms with E-state index in [0.29, 0.717) is 23.9 Å². The van der Waals surface area contributed by atoms with Crippen LogP contribution in [-0.2, 0) is 33.3 Å². The second kappa shape index (κ2) is 33.2. The Hall–Kier alpha value is -1.97. The van der Waals surface area contributed by atoms with Crippen molar-refractivity contribution in [3.05, 3.63) is 12.2 Å². The zero-order valence-electron chi connectivity index (χ0n) is 32.3. The quantitative estimate of drug-likeness (QED) is 0.0212. The number of aliphatic carboxylic acids is 1. The maximum atomic E-state index is 12.7. The van der Waals surface area contributed by atoms with Crippen LogP contribution in [0.25, 0.3) is 0 Å². The summed E-state index contributed by atoms with van der Waals surface area (Å²) in [6.45, 7) is 4.69. The van der Waals surface area contributed by atoms with Crippen molar-refractivity contribution in [3.8, 4) is 0 Å². The number of nitrogens with zero attached hydrogens (tertiary/aromatic N) is 1. The molecule has 0 aliphatic heterocycles. The molecule has 0 aromatic carbocycles. The Balaban J connectivity index is 4.51. The highest BCUT2D eigenvalue weighted by Crippen LogP contribution is 2.13. The fourth-order valence-corrected chi connectivity index (χ4v) is 5.35. The number of ether oxygens (including phenoxy) is 4. The summed E-state index contributed by atoms with van der Waals surface area (Å²) in [7, 11) is 5.90. The molecule has 0 spiro atoms. The van der Waals surface area contributed by atoms with Crippen molar-refractivity contribution in [3.63, 3.8) is 0 Å². The van der Waals surface area contributed by atoms with Crippen LogP contribution in [0, 0.1) is 0 Å². The first-order valence-electron chi connectivity index (χ1n) is 19.8. The number of unbranched alkanes of at least 4 members (excludes halogenated alkanes) is 19. The van der Waals surface area contributed by atoms with Crippen LogP contribution in [0.5, 0.6) is 0 Å². The molecular weight excluding hydrogens is 622 g/mol. The molecule has 0 radical (unpaired) electrons. The van der Waals surface area contributed by atoms with Gasteiger partial charge in [-0.1, -0.05) is 129 Å². The van der Waals surface area contributed by atoms with E-state index in [1.807, 2.05) is 21.1 Å². The van der Waals surface area contributed by atoms with E-state index in [-0.39, 0.29) is 32.2 Å². The van der Waals surface area contributed by atoms with Crippen molar-refractivity contribution in [2.75, 3.05) is 47.5 Å². The van der Waals surface area contributed by atoms with Gasteiger partial charge < -0.3 is 33.3 Å². The Morgan fingerprint density at radius 2 is 1.04 bits per heavy atom. The molecule has 0 aromatic rings. The molecule has 0 saturated heterocycles. The number of allylic oxidation sites excluding steroid dienone is 2. The summed E-state index contributed by atoms with van der Waals surface area (Å²) in [6, 6.07) is 0. The van der Waals surface area contributed by atoms with Gasteiger partial charge in [0.25, 0.3) is 0 Å². The van der Waals surface area contributed by atoms with Crippen molar-refractivity contribution < 1.29 is 42.9 Å². The third-order valence-corrected chi connectivity index (χ3v) is 8.51. The molecule has 9 heteroatoms. The number of carboxylic acids is 1. The fourth-order valence-electron chi connectivity index (χ4n) is 5.35. The maximum Gasteiger partial charge on any atom is 0.306 e. The molecule has 2 unspecified atom stereocenters. The summed E-state index contributed by atoms with van der Waals surface area (Å²) in [4.78, 5) is 36.7. The van der Waals surface area contributed by atoms with Crippen molar-refractivity contribution in [1.29, 1.82) is 0 Å². The lowest BCUT2D eigenvalue weighted by Gasteiger charge is -2.26. The van der Waals surface area contributed by atoms with Gasteiger partial charge in [-0.25, -0.2) is 0 Å². The zero-order valence-corrected chi connectivity index (χ0v) is 32.3. The summed E-state index contributed by atoms with van der Waals surface area (Å²) in [5, 5.41) is 11.6. The second-order valence-corrected chi connectivity index (χ2v) is 14.6. The highest BCUT2D eigenvalue weighted by Gasteiger charge is 2.21. The summed E-state index contributed by atoms with van der Waals surface area (Å²) < 4.78 is 22.4. The van der Waals surface area contributed by atoms with Gasteiger partial charge in [0, 0.05) is 12.8 Å². The first-order valence-corrected chi connectivity index (χ1v) is 19.8. The summed E-state index contributed by atoms with van der Waals surface area (Å²) in [5.74, 6) is -2.30. The molecule has 0 amide bonds. The average molecular weight is 698 g/mol. The Labute approximate surface area is 300 Å². The standard InChI is InChI=1S/C40H75NO8/c1-6-8-10-12-14-16-17-18-19-20-21-23-25-27-29-31-38(43)49-36(35-48-40(39(44)45)46-33-32-41(3,4)5)34-47-37(42)30-28-26-24-22-15-13-11-9-7-2/h18-19,36,40H,6-17,20-35H2,1-5H3/b19-18-. The van der Waals surface area contributed by atoms with Gasteiger partial charge in [-0.05, 0) is 38.5 Å². The molecule has 0 bridgehead atoms. The third-order valence-electron chi connectivity index (χ3n) is 8.51. The molecule has 9 nitrogen and oxygen atoms in total. The van der Waals surface area contributed by atoms with Gasteiger partial charge in [-0.3, -0.25) is 9.59 Å². The van der Waals surface area contributed by atoms with Crippen LogP contribution in [0.15, 0.2) is 12.2 Å². The van der Waals surface area contributed by atoms with Crippen LogP contribution in [0.1, 0.15) is 168 Å². The number of carbonyl (C=O) groups is 3. The predicted molar refractivity (Wildman–Crippen MR) is 196 cm³/mol. The SMILES string of the molecule is CCCCCCCC/C=C\CCCCCCCC(=O)OC(COC(=O)CCCCCCCCCCC)COC(OCC[N+](C)(C)C)C(=O)[O-]. The zero-order chi connectivity index (χ0) is 36.4. The summed E-state index contributed by atoms with van der Waals surface area (Å²) in [6.07, 6.45) is 28.2. The molecule has 0 heterocycles. The van der Waals surface area contributed by atoms with E-state index in [9.17, 15) is 19.5 Å². The number of esters is 2. The van der Waals surface area contributed by atoms with Crippen LogP contribution >= 0.6 is 0 Å². The van der Waals surface area contributed by atoms with Gasteiger partial charge in [-0.2, -0.15) is 0 Å².